The third kappa shape index (κ3) is 3.80. The molecule has 3 rings (SSSR count). The van der Waals surface area contributed by atoms with Crippen LogP contribution in [0.25, 0.3) is 0 Å². The minimum atomic E-state index is -0.719. The fourth-order valence-electron chi connectivity index (χ4n) is 2.92. The fourth-order valence-corrected chi connectivity index (χ4v) is 3.09. The molecule has 0 amide bonds. The van der Waals surface area contributed by atoms with Crippen molar-refractivity contribution < 1.29 is 28.5 Å². The van der Waals surface area contributed by atoms with Crippen LogP contribution >= 0.6 is 11.6 Å². The summed E-state index contributed by atoms with van der Waals surface area (Å²) >= 11 is 6.08. The molecular weight excluding hydrogens is 386 g/mol. The average molecular weight is 406 g/mol. The van der Waals surface area contributed by atoms with Crippen molar-refractivity contribution in [2.24, 2.45) is 0 Å². The van der Waals surface area contributed by atoms with Crippen LogP contribution < -0.4 is 24.3 Å². The molecule has 0 fully saturated rings. The second-order valence-electron chi connectivity index (χ2n) is 5.83. The molecule has 148 valence electrons. The average Bonchev–Trinajstić information content (AvgIpc) is 2.72. The Balaban J connectivity index is 2.18. The minimum Gasteiger partial charge on any atom is -0.496 e. The molecule has 1 unspecified atom stereocenters. The topological polar surface area (TPSA) is 75.3 Å². The number of nitrogens with one attached hydrogen (secondary N) is 1. The third-order valence-electron chi connectivity index (χ3n) is 4.24. The number of fused-ring (bicyclic) bond motifs is 1. The molecule has 28 heavy (non-hydrogen) atoms. The third-order valence-corrected chi connectivity index (χ3v) is 4.47. The van der Waals surface area contributed by atoms with Gasteiger partial charge in [-0.25, -0.2) is 4.79 Å². The van der Waals surface area contributed by atoms with Crippen LogP contribution in [0, 0.1) is 0 Å². The number of rotatable bonds is 5. The second-order valence-corrected chi connectivity index (χ2v) is 6.27. The Hall–Kier alpha value is -3.06. The Morgan fingerprint density at radius 1 is 1.07 bits per heavy atom. The zero-order chi connectivity index (χ0) is 20.3. The van der Waals surface area contributed by atoms with E-state index in [-0.39, 0.29) is 0 Å². The van der Waals surface area contributed by atoms with Gasteiger partial charge in [-0.2, -0.15) is 0 Å². The predicted molar refractivity (Wildman–Crippen MR) is 105 cm³/mol. The molecule has 8 heteroatoms. The van der Waals surface area contributed by atoms with E-state index in [9.17, 15) is 4.79 Å². The monoisotopic (exact) mass is 405 g/mol. The van der Waals surface area contributed by atoms with E-state index in [1.54, 1.807) is 37.4 Å². The van der Waals surface area contributed by atoms with E-state index >= 15 is 0 Å². The summed E-state index contributed by atoms with van der Waals surface area (Å²) in [5.74, 6) is 1.56. The maximum absolute atomic E-state index is 11.9. The number of hydrogen-bond donors (Lipinski definition) is 1. The van der Waals surface area contributed by atoms with Crippen LogP contribution in [0.3, 0.4) is 0 Å². The molecule has 1 aliphatic heterocycles. The van der Waals surface area contributed by atoms with Crippen molar-refractivity contribution in [3.63, 3.8) is 0 Å². The first-order valence-corrected chi connectivity index (χ1v) is 8.71. The van der Waals surface area contributed by atoms with Gasteiger partial charge in [0.05, 0.1) is 45.4 Å². The van der Waals surface area contributed by atoms with E-state index in [0.717, 1.165) is 0 Å². The van der Waals surface area contributed by atoms with Crippen LogP contribution in [0.1, 0.15) is 11.7 Å². The van der Waals surface area contributed by atoms with Crippen molar-refractivity contribution in [2.75, 3.05) is 33.8 Å². The zero-order valence-corrected chi connectivity index (χ0v) is 16.6. The van der Waals surface area contributed by atoms with Crippen molar-refractivity contribution in [2.45, 2.75) is 6.10 Å². The molecular formula is C20H20ClNO6. The smallest absolute Gasteiger partial charge is 0.332 e. The van der Waals surface area contributed by atoms with Gasteiger partial charge < -0.3 is 29.0 Å². The lowest BCUT2D eigenvalue weighted by atomic mass is 10.0. The predicted octanol–water partition coefficient (Wildman–Crippen LogP) is 3.97. The molecule has 7 nitrogen and oxygen atoms in total. The molecule has 1 aliphatic rings. The number of hydrogen-bond acceptors (Lipinski definition) is 7. The normalized spacial score (nSPS) is 16.5. The molecule has 0 saturated heterocycles. The minimum absolute atomic E-state index is 0.448. The van der Waals surface area contributed by atoms with Crippen molar-refractivity contribution in [1.29, 1.82) is 0 Å². The molecule has 1 atom stereocenters. The molecule has 0 spiro atoms. The highest BCUT2D eigenvalue weighted by atomic mass is 35.5. The molecule has 0 bridgehead atoms. The van der Waals surface area contributed by atoms with E-state index in [2.05, 4.69) is 5.32 Å². The highest BCUT2D eigenvalue weighted by Gasteiger charge is 2.32. The number of halogens is 1. The lowest BCUT2D eigenvalue weighted by Gasteiger charge is -2.31. The Morgan fingerprint density at radius 2 is 1.75 bits per heavy atom. The largest absolute Gasteiger partial charge is 0.496 e. The van der Waals surface area contributed by atoms with Gasteiger partial charge in [0, 0.05) is 23.2 Å². The highest BCUT2D eigenvalue weighted by molar-refractivity contribution is 6.31. The maximum atomic E-state index is 11.9. The van der Waals surface area contributed by atoms with E-state index in [0.29, 0.717) is 45.0 Å². The Bertz CT molecular complexity index is 902. The van der Waals surface area contributed by atoms with Gasteiger partial charge >= 0.3 is 5.97 Å². The molecule has 0 aromatic heterocycles. The van der Waals surface area contributed by atoms with Gasteiger partial charge in [-0.05, 0) is 18.2 Å². The number of carbonyl (C=O) groups excluding carboxylic acids is 1. The van der Waals surface area contributed by atoms with E-state index in [4.69, 9.17) is 35.3 Å². The lowest BCUT2D eigenvalue weighted by Crippen LogP contribution is -2.24. The van der Waals surface area contributed by atoms with E-state index < -0.39 is 12.1 Å². The quantitative estimate of drug-likeness (QED) is 0.595. The first-order chi connectivity index (χ1) is 13.5. The van der Waals surface area contributed by atoms with Crippen LogP contribution in [-0.2, 0) is 9.53 Å². The Morgan fingerprint density at radius 3 is 2.32 bits per heavy atom. The van der Waals surface area contributed by atoms with Crippen LogP contribution in [0.5, 0.6) is 23.0 Å². The van der Waals surface area contributed by atoms with Gasteiger partial charge in [0.1, 0.15) is 23.0 Å². The van der Waals surface area contributed by atoms with Gasteiger partial charge in [0.2, 0.25) is 0 Å². The molecule has 0 saturated carbocycles. The molecule has 2 aromatic carbocycles. The molecule has 2 aromatic rings. The summed E-state index contributed by atoms with van der Waals surface area (Å²) in [6, 6.07) is 8.61. The van der Waals surface area contributed by atoms with E-state index in [1.807, 2.05) is 0 Å². The number of ether oxygens (including phenoxy) is 5. The summed E-state index contributed by atoms with van der Waals surface area (Å²) in [4.78, 5) is 11.9. The fraction of sp³-hybridized carbons (Fsp3) is 0.250. The summed E-state index contributed by atoms with van der Waals surface area (Å²) in [5, 5.41) is 3.72. The summed E-state index contributed by atoms with van der Waals surface area (Å²) in [6.07, 6.45) is 0.598. The van der Waals surface area contributed by atoms with Crippen molar-refractivity contribution in [3.05, 3.63) is 52.7 Å². The summed E-state index contributed by atoms with van der Waals surface area (Å²) < 4.78 is 27.3. The SMILES string of the molecule is COC(=O)/C=C1\Nc2cc(Cl)ccc2OC1c1c(OC)cc(OC)cc1OC. The molecule has 1 heterocycles. The number of carbonyl (C=O) groups is 1. The lowest BCUT2D eigenvalue weighted by molar-refractivity contribution is -0.134. The van der Waals surface area contributed by atoms with Gasteiger partial charge in [-0.1, -0.05) is 11.6 Å². The number of methoxy groups -OCH3 is 4. The first kappa shape index (κ1) is 19.7. The standard InChI is InChI=1S/C20H20ClNO6/c1-24-12-8-16(25-2)19(17(9-12)26-3)20-14(10-18(23)27-4)22-13-7-11(21)5-6-15(13)28-20/h5-10,20,22H,1-4H3/b14-10-. The Kier molecular flexibility index (Phi) is 5.84. The Labute approximate surface area is 167 Å². The summed E-state index contributed by atoms with van der Waals surface area (Å²) in [6.45, 7) is 0. The second kappa shape index (κ2) is 8.31. The van der Waals surface area contributed by atoms with Crippen molar-refractivity contribution in [1.82, 2.24) is 0 Å². The van der Waals surface area contributed by atoms with Gasteiger partial charge in [0.25, 0.3) is 0 Å². The highest BCUT2D eigenvalue weighted by Crippen LogP contribution is 2.47. The summed E-state index contributed by atoms with van der Waals surface area (Å²) in [7, 11) is 5.92. The van der Waals surface area contributed by atoms with Crippen LogP contribution in [0.2, 0.25) is 5.02 Å². The van der Waals surface area contributed by atoms with Crippen molar-refractivity contribution in [3.8, 4) is 23.0 Å². The molecule has 0 radical (unpaired) electrons. The number of anilines is 1. The van der Waals surface area contributed by atoms with Crippen LogP contribution in [0.4, 0.5) is 5.69 Å². The summed E-state index contributed by atoms with van der Waals surface area (Å²) in [5.41, 5.74) is 1.67. The van der Waals surface area contributed by atoms with Crippen LogP contribution in [0.15, 0.2) is 42.1 Å². The van der Waals surface area contributed by atoms with E-state index in [1.165, 1.54) is 27.4 Å². The number of esters is 1. The van der Waals surface area contributed by atoms with Crippen molar-refractivity contribution >= 4 is 23.3 Å². The molecule has 0 aliphatic carbocycles. The maximum Gasteiger partial charge on any atom is 0.332 e. The van der Waals surface area contributed by atoms with Crippen LogP contribution in [-0.4, -0.2) is 34.4 Å². The zero-order valence-electron chi connectivity index (χ0n) is 15.9. The van der Waals surface area contributed by atoms with Gasteiger partial charge in [-0.3, -0.25) is 0 Å². The van der Waals surface area contributed by atoms with Gasteiger partial charge in [-0.15, -0.1) is 0 Å². The molecule has 1 N–H and O–H groups in total. The van der Waals surface area contributed by atoms with Gasteiger partial charge in [0.15, 0.2) is 6.10 Å². The first-order valence-electron chi connectivity index (χ1n) is 8.33. The number of benzene rings is 2.